The quantitative estimate of drug-likeness (QED) is 0.911. The molecule has 2 rings (SSSR count). The van der Waals surface area contributed by atoms with Gasteiger partial charge in [-0.05, 0) is 29.8 Å². The van der Waals surface area contributed by atoms with Crippen LogP contribution in [0, 0.1) is 17.5 Å². The van der Waals surface area contributed by atoms with Gasteiger partial charge in [-0.15, -0.1) is 0 Å². The van der Waals surface area contributed by atoms with Gasteiger partial charge in [-0.25, -0.2) is 13.2 Å². The Morgan fingerprint density at radius 1 is 1.05 bits per heavy atom. The van der Waals surface area contributed by atoms with Gasteiger partial charge < -0.3 is 11.1 Å². The summed E-state index contributed by atoms with van der Waals surface area (Å²) in [6, 6.07) is 7.43. The van der Waals surface area contributed by atoms with Gasteiger partial charge in [0.2, 0.25) is 5.91 Å². The molecule has 0 saturated heterocycles. The van der Waals surface area contributed by atoms with Crippen molar-refractivity contribution in [2.45, 2.75) is 13.0 Å². The minimum absolute atomic E-state index is 0.0612. The van der Waals surface area contributed by atoms with Crippen molar-refractivity contribution in [2.75, 3.05) is 5.32 Å². The van der Waals surface area contributed by atoms with Gasteiger partial charge in [0.25, 0.3) is 0 Å². The van der Waals surface area contributed by atoms with Gasteiger partial charge in [-0.3, -0.25) is 4.79 Å². The topological polar surface area (TPSA) is 55.1 Å². The van der Waals surface area contributed by atoms with E-state index >= 15 is 0 Å². The molecule has 0 aromatic heterocycles. The molecule has 0 saturated carbocycles. The maximum absolute atomic E-state index is 13.7. The number of hydrogen-bond donors (Lipinski definition) is 2. The summed E-state index contributed by atoms with van der Waals surface area (Å²) in [5, 5.41) is 2.28. The molecule has 0 aliphatic heterocycles. The summed E-state index contributed by atoms with van der Waals surface area (Å²) in [6.45, 7) is 0.172. The Hall–Kier alpha value is -2.34. The zero-order valence-electron chi connectivity index (χ0n) is 11.0. The number of benzene rings is 2. The van der Waals surface area contributed by atoms with Gasteiger partial charge in [0.05, 0.1) is 12.1 Å². The molecule has 3 nitrogen and oxygen atoms in total. The molecule has 0 radical (unpaired) electrons. The fourth-order valence-electron chi connectivity index (χ4n) is 1.84. The van der Waals surface area contributed by atoms with Crippen molar-refractivity contribution in [2.24, 2.45) is 5.73 Å². The average molecular weight is 294 g/mol. The molecule has 6 heteroatoms. The van der Waals surface area contributed by atoms with Crippen LogP contribution in [-0.4, -0.2) is 5.91 Å². The van der Waals surface area contributed by atoms with E-state index in [0.29, 0.717) is 5.56 Å². The lowest BCUT2D eigenvalue weighted by Crippen LogP contribution is -2.17. The average Bonchev–Trinajstić information content (AvgIpc) is 2.45. The van der Waals surface area contributed by atoms with Gasteiger partial charge in [-0.2, -0.15) is 0 Å². The fourth-order valence-corrected chi connectivity index (χ4v) is 1.84. The Morgan fingerprint density at radius 2 is 1.71 bits per heavy atom. The fraction of sp³-hybridized carbons (Fsp3) is 0.133. The number of hydrogen-bond acceptors (Lipinski definition) is 2. The second-order valence-corrected chi connectivity index (χ2v) is 4.44. The van der Waals surface area contributed by atoms with Crippen molar-refractivity contribution < 1.29 is 18.0 Å². The lowest BCUT2D eigenvalue weighted by atomic mass is 10.1. The van der Waals surface area contributed by atoms with E-state index in [1.54, 1.807) is 6.07 Å². The van der Waals surface area contributed by atoms with Gasteiger partial charge in [0.1, 0.15) is 17.5 Å². The third kappa shape index (κ3) is 3.61. The minimum Gasteiger partial charge on any atom is -0.326 e. The first-order valence-corrected chi connectivity index (χ1v) is 6.22. The van der Waals surface area contributed by atoms with Crippen LogP contribution in [0.15, 0.2) is 36.4 Å². The summed E-state index contributed by atoms with van der Waals surface area (Å²) in [7, 11) is 0. The molecule has 0 atom stereocenters. The molecule has 0 aliphatic rings. The van der Waals surface area contributed by atoms with Crippen LogP contribution in [0.3, 0.4) is 0 Å². The van der Waals surface area contributed by atoms with Gasteiger partial charge in [0.15, 0.2) is 0 Å². The van der Waals surface area contributed by atoms with Crippen molar-refractivity contribution in [1.29, 1.82) is 0 Å². The van der Waals surface area contributed by atoms with Crippen LogP contribution in [0.4, 0.5) is 18.9 Å². The summed E-state index contributed by atoms with van der Waals surface area (Å²) < 4.78 is 40.5. The van der Waals surface area contributed by atoms with Gasteiger partial charge in [0, 0.05) is 12.1 Å². The maximum Gasteiger partial charge on any atom is 0.229 e. The highest BCUT2D eigenvalue weighted by atomic mass is 19.1. The first-order valence-electron chi connectivity index (χ1n) is 6.22. The lowest BCUT2D eigenvalue weighted by molar-refractivity contribution is -0.115. The molecule has 1 amide bonds. The Bertz CT molecular complexity index is 654. The number of carbonyl (C=O) groups is 1. The van der Waals surface area contributed by atoms with Crippen molar-refractivity contribution >= 4 is 11.6 Å². The molecule has 2 aromatic carbocycles. The van der Waals surface area contributed by atoms with Crippen LogP contribution < -0.4 is 11.1 Å². The number of anilines is 1. The van der Waals surface area contributed by atoms with E-state index in [4.69, 9.17) is 5.73 Å². The second kappa shape index (κ2) is 6.41. The zero-order chi connectivity index (χ0) is 15.4. The van der Waals surface area contributed by atoms with Crippen molar-refractivity contribution in [3.63, 3.8) is 0 Å². The largest absolute Gasteiger partial charge is 0.326 e. The Balaban J connectivity index is 2.12. The Labute approximate surface area is 119 Å². The molecule has 0 unspecified atom stereocenters. The van der Waals surface area contributed by atoms with E-state index in [0.717, 1.165) is 12.1 Å². The highest BCUT2D eigenvalue weighted by molar-refractivity contribution is 5.92. The SMILES string of the molecule is NCc1ccc(NC(=O)Cc2c(F)cccc2F)c(F)c1. The molecular weight excluding hydrogens is 281 g/mol. The van der Waals surface area contributed by atoms with Crippen LogP contribution in [0.1, 0.15) is 11.1 Å². The predicted octanol–water partition coefficient (Wildman–Crippen LogP) is 2.74. The highest BCUT2D eigenvalue weighted by Gasteiger charge is 2.14. The maximum atomic E-state index is 13.7. The van der Waals surface area contributed by atoms with E-state index in [2.05, 4.69) is 5.32 Å². The lowest BCUT2D eigenvalue weighted by Gasteiger charge is -2.08. The summed E-state index contributed by atoms with van der Waals surface area (Å²) in [6.07, 6.45) is -0.517. The van der Waals surface area contributed by atoms with Crippen LogP contribution >= 0.6 is 0 Å². The third-order valence-corrected chi connectivity index (χ3v) is 2.94. The van der Waals surface area contributed by atoms with E-state index < -0.39 is 29.8 Å². The monoisotopic (exact) mass is 294 g/mol. The molecule has 21 heavy (non-hydrogen) atoms. The summed E-state index contributed by atoms with van der Waals surface area (Å²) in [5.74, 6) is -2.99. The predicted molar refractivity (Wildman–Crippen MR) is 73.0 cm³/mol. The molecule has 0 bridgehead atoms. The summed E-state index contributed by atoms with van der Waals surface area (Å²) in [5.41, 5.74) is 5.53. The first kappa shape index (κ1) is 15.1. The minimum atomic E-state index is -0.816. The normalized spacial score (nSPS) is 10.5. The Kier molecular flexibility index (Phi) is 4.59. The molecule has 0 heterocycles. The number of halogens is 3. The zero-order valence-corrected chi connectivity index (χ0v) is 11.0. The number of rotatable bonds is 4. The van der Waals surface area contributed by atoms with Crippen molar-refractivity contribution in [3.05, 3.63) is 65.0 Å². The van der Waals surface area contributed by atoms with Crippen LogP contribution in [0.25, 0.3) is 0 Å². The molecule has 0 spiro atoms. The smallest absolute Gasteiger partial charge is 0.229 e. The third-order valence-electron chi connectivity index (χ3n) is 2.94. The number of nitrogens with two attached hydrogens (primary N) is 1. The number of amides is 1. The van der Waals surface area contributed by atoms with Gasteiger partial charge >= 0.3 is 0 Å². The standard InChI is InChI=1S/C15H13F3N2O/c16-11-2-1-3-12(17)10(11)7-15(21)20-14-5-4-9(8-19)6-13(14)18/h1-6H,7-8,19H2,(H,20,21). The highest BCUT2D eigenvalue weighted by Crippen LogP contribution is 2.17. The van der Waals surface area contributed by atoms with E-state index in [-0.39, 0.29) is 17.8 Å². The number of carbonyl (C=O) groups excluding carboxylic acids is 1. The molecule has 0 fully saturated rings. The van der Waals surface area contributed by atoms with E-state index in [9.17, 15) is 18.0 Å². The molecule has 2 aromatic rings. The van der Waals surface area contributed by atoms with Crippen LogP contribution in [-0.2, 0) is 17.8 Å². The van der Waals surface area contributed by atoms with E-state index in [1.165, 1.54) is 18.2 Å². The molecule has 0 aliphatic carbocycles. The van der Waals surface area contributed by atoms with Crippen molar-refractivity contribution in [3.8, 4) is 0 Å². The Morgan fingerprint density at radius 3 is 2.29 bits per heavy atom. The van der Waals surface area contributed by atoms with Crippen molar-refractivity contribution in [1.82, 2.24) is 0 Å². The van der Waals surface area contributed by atoms with E-state index in [1.807, 2.05) is 0 Å². The number of nitrogens with one attached hydrogen (secondary N) is 1. The summed E-state index contributed by atoms with van der Waals surface area (Å²) >= 11 is 0. The molecular formula is C15H13F3N2O. The molecule has 3 N–H and O–H groups in total. The second-order valence-electron chi connectivity index (χ2n) is 4.44. The van der Waals surface area contributed by atoms with Crippen LogP contribution in [0.2, 0.25) is 0 Å². The molecule has 110 valence electrons. The van der Waals surface area contributed by atoms with Gasteiger partial charge in [-0.1, -0.05) is 12.1 Å². The first-order chi connectivity index (χ1) is 10.0. The summed E-state index contributed by atoms with van der Waals surface area (Å²) in [4.78, 5) is 11.8. The van der Waals surface area contributed by atoms with Crippen LogP contribution in [0.5, 0.6) is 0 Å².